The number of carboxylic acids is 1. The molecule has 0 radical (unpaired) electrons. The lowest BCUT2D eigenvalue weighted by atomic mass is 10.2. The van der Waals surface area contributed by atoms with Crippen LogP contribution >= 0.6 is 11.6 Å². The first-order chi connectivity index (χ1) is 12.2. The molecule has 26 heavy (non-hydrogen) atoms. The summed E-state index contributed by atoms with van der Waals surface area (Å²) < 4.78 is 5.40. The molecule has 1 atom stereocenters. The lowest BCUT2D eigenvalue weighted by molar-refractivity contribution is 0.0690. The van der Waals surface area contributed by atoms with Crippen LogP contribution in [0.25, 0.3) is 0 Å². The number of nitrogens with one attached hydrogen (secondary N) is 3. The first-order valence-corrected chi connectivity index (χ1v) is 7.65. The molecule has 0 saturated heterocycles. The molecule has 2 aromatic rings. The molecule has 1 aromatic heterocycles. The van der Waals surface area contributed by atoms with Gasteiger partial charge in [-0.1, -0.05) is 11.6 Å². The number of nitrogens with two attached hydrogens (primary N) is 1. The number of halogens is 1. The van der Waals surface area contributed by atoms with E-state index in [-0.39, 0.29) is 28.6 Å². The third-order valence-electron chi connectivity index (χ3n) is 3.24. The van der Waals surface area contributed by atoms with E-state index in [0.717, 1.165) is 0 Å². The van der Waals surface area contributed by atoms with Gasteiger partial charge in [0.1, 0.15) is 29.3 Å². The summed E-state index contributed by atoms with van der Waals surface area (Å²) in [5, 5.41) is 11.9. The number of H-pyrrole nitrogens is 2. The quantitative estimate of drug-likeness (QED) is 0.475. The molecule has 0 spiro atoms. The fourth-order valence-electron chi connectivity index (χ4n) is 2.02. The van der Waals surface area contributed by atoms with Crippen molar-refractivity contribution < 1.29 is 19.4 Å². The van der Waals surface area contributed by atoms with Gasteiger partial charge in [-0.25, -0.2) is 9.59 Å². The molecule has 11 heteroatoms. The molecule has 10 nitrogen and oxygen atoms in total. The van der Waals surface area contributed by atoms with Gasteiger partial charge in [-0.3, -0.25) is 14.6 Å². The Hall–Kier alpha value is -3.27. The maximum atomic E-state index is 12.1. The van der Waals surface area contributed by atoms with Crippen LogP contribution in [-0.4, -0.2) is 39.6 Å². The number of amides is 1. The molecular formula is C15H15ClN4O6. The van der Waals surface area contributed by atoms with Gasteiger partial charge >= 0.3 is 11.7 Å². The average Bonchev–Trinajstić information content (AvgIpc) is 2.56. The zero-order chi connectivity index (χ0) is 19.4. The number of anilines is 1. The summed E-state index contributed by atoms with van der Waals surface area (Å²) in [5.74, 6) is -1.92. The molecule has 2 rings (SSSR count). The number of carbonyl (C=O) groups excluding carboxylic acids is 1. The highest BCUT2D eigenvalue weighted by Crippen LogP contribution is 2.23. The number of hydrogen-bond acceptors (Lipinski definition) is 6. The van der Waals surface area contributed by atoms with Crippen molar-refractivity contribution in [3.05, 3.63) is 55.3 Å². The predicted octanol–water partition coefficient (Wildman–Crippen LogP) is 0.194. The molecule has 0 aliphatic carbocycles. The Morgan fingerprint density at radius 2 is 2.04 bits per heavy atom. The first-order valence-electron chi connectivity index (χ1n) is 7.27. The second-order valence-electron chi connectivity index (χ2n) is 5.33. The topological polar surface area (TPSA) is 167 Å². The largest absolute Gasteiger partial charge is 0.491 e. The number of aromatic nitrogens is 2. The van der Waals surface area contributed by atoms with Gasteiger partial charge in [0, 0.05) is 5.02 Å². The summed E-state index contributed by atoms with van der Waals surface area (Å²) in [6, 6.07) is 3.51. The summed E-state index contributed by atoms with van der Waals surface area (Å²) in [6.45, 7) is 1.50. The minimum absolute atomic E-state index is 0.0760. The second kappa shape index (κ2) is 7.74. The number of hydrogen-bond donors (Lipinski definition) is 5. The van der Waals surface area contributed by atoms with Crippen LogP contribution in [0.15, 0.2) is 27.8 Å². The third-order valence-corrected chi connectivity index (χ3v) is 3.48. The average molecular weight is 383 g/mol. The molecule has 0 bridgehead atoms. The zero-order valence-corrected chi connectivity index (χ0v) is 14.2. The Morgan fingerprint density at radius 3 is 2.69 bits per heavy atom. The molecule has 138 valence electrons. The Kier molecular flexibility index (Phi) is 5.68. The van der Waals surface area contributed by atoms with Gasteiger partial charge in [-0.2, -0.15) is 0 Å². The van der Waals surface area contributed by atoms with Gasteiger partial charge in [-0.15, -0.1) is 0 Å². The first kappa shape index (κ1) is 19.1. The number of rotatable bonds is 6. The fourth-order valence-corrected chi connectivity index (χ4v) is 2.19. The van der Waals surface area contributed by atoms with Crippen molar-refractivity contribution in [3.63, 3.8) is 0 Å². The number of ether oxygens (including phenoxy) is 1. The Labute approximate surface area is 150 Å². The molecule has 0 aliphatic rings. The molecule has 0 fully saturated rings. The molecule has 6 N–H and O–H groups in total. The third kappa shape index (κ3) is 4.42. The fraction of sp³-hybridized carbons (Fsp3) is 0.200. The highest BCUT2D eigenvalue weighted by atomic mass is 35.5. The summed E-state index contributed by atoms with van der Waals surface area (Å²) in [6.07, 6.45) is 0. The standard InChI is InChI=1S/C15H15ClN4O6/c1-6(5-26-9-3-2-7(16)4-8(9)14(23)24)18-13(22)11-10(17)12(21)20-15(25)19-11/h2-4,6H,5,17H2,1H3,(H,18,22)(H,23,24)(H2,19,20,21,25). The van der Waals surface area contributed by atoms with Crippen molar-refractivity contribution in [3.8, 4) is 5.75 Å². The number of carbonyl (C=O) groups is 2. The van der Waals surface area contributed by atoms with Crippen molar-refractivity contribution in [2.75, 3.05) is 12.3 Å². The SMILES string of the molecule is CC(COc1ccc(Cl)cc1C(=O)O)NC(=O)c1[nH]c(=O)[nH]c(=O)c1N. The Balaban J connectivity index is 2.07. The van der Waals surface area contributed by atoms with Crippen LogP contribution in [0.5, 0.6) is 5.75 Å². The van der Waals surface area contributed by atoms with Gasteiger partial charge in [0.15, 0.2) is 0 Å². The maximum absolute atomic E-state index is 12.1. The van der Waals surface area contributed by atoms with Crippen molar-refractivity contribution in [1.29, 1.82) is 0 Å². The van der Waals surface area contributed by atoms with E-state index >= 15 is 0 Å². The van der Waals surface area contributed by atoms with Crippen molar-refractivity contribution in [2.24, 2.45) is 0 Å². The van der Waals surface area contributed by atoms with E-state index in [1.165, 1.54) is 18.2 Å². The van der Waals surface area contributed by atoms with E-state index in [2.05, 4.69) is 10.3 Å². The van der Waals surface area contributed by atoms with Crippen LogP contribution < -0.4 is 27.0 Å². The van der Waals surface area contributed by atoms with Gasteiger partial charge in [0.2, 0.25) is 0 Å². The van der Waals surface area contributed by atoms with Crippen LogP contribution in [0.4, 0.5) is 5.69 Å². The minimum atomic E-state index is -1.21. The second-order valence-corrected chi connectivity index (χ2v) is 5.76. The molecule has 1 heterocycles. The highest BCUT2D eigenvalue weighted by molar-refractivity contribution is 6.31. The molecular weight excluding hydrogens is 368 g/mol. The van der Waals surface area contributed by atoms with Crippen LogP contribution in [0.1, 0.15) is 27.8 Å². The molecule has 1 unspecified atom stereocenters. The summed E-state index contributed by atoms with van der Waals surface area (Å²) in [4.78, 5) is 50.0. The Bertz CT molecular complexity index is 967. The number of carboxylic acid groups (broad SMARTS) is 1. The lowest BCUT2D eigenvalue weighted by Gasteiger charge is -2.16. The van der Waals surface area contributed by atoms with Crippen LogP contribution in [-0.2, 0) is 0 Å². The number of nitrogen functional groups attached to an aromatic ring is 1. The molecule has 1 aromatic carbocycles. The Morgan fingerprint density at radius 1 is 1.35 bits per heavy atom. The monoisotopic (exact) mass is 382 g/mol. The van der Waals surface area contributed by atoms with E-state index in [0.29, 0.717) is 0 Å². The van der Waals surface area contributed by atoms with Crippen LogP contribution in [0.3, 0.4) is 0 Å². The molecule has 0 saturated carbocycles. The molecule has 1 amide bonds. The van der Waals surface area contributed by atoms with E-state index in [1.807, 2.05) is 4.98 Å². The van der Waals surface area contributed by atoms with Crippen molar-refractivity contribution in [2.45, 2.75) is 13.0 Å². The van der Waals surface area contributed by atoms with Gasteiger partial charge in [0.25, 0.3) is 11.5 Å². The van der Waals surface area contributed by atoms with E-state index in [4.69, 9.17) is 27.2 Å². The van der Waals surface area contributed by atoms with E-state index in [9.17, 15) is 19.2 Å². The van der Waals surface area contributed by atoms with E-state index < -0.39 is 34.9 Å². The summed E-state index contributed by atoms with van der Waals surface area (Å²) in [5.41, 5.74) is 2.80. The van der Waals surface area contributed by atoms with Crippen LogP contribution in [0.2, 0.25) is 5.02 Å². The number of benzene rings is 1. The summed E-state index contributed by atoms with van der Waals surface area (Å²) >= 11 is 5.76. The highest BCUT2D eigenvalue weighted by Gasteiger charge is 2.18. The van der Waals surface area contributed by atoms with Crippen molar-refractivity contribution in [1.82, 2.24) is 15.3 Å². The van der Waals surface area contributed by atoms with Crippen molar-refractivity contribution >= 4 is 29.2 Å². The number of aromatic carboxylic acids is 1. The van der Waals surface area contributed by atoms with E-state index in [1.54, 1.807) is 6.92 Å². The van der Waals surface area contributed by atoms with Gasteiger partial charge < -0.3 is 25.9 Å². The zero-order valence-electron chi connectivity index (χ0n) is 13.5. The maximum Gasteiger partial charge on any atom is 0.339 e. The van der Waals surface area contributed by atoms with Crippen LogP contribution in [0, 0.1) is 0 Å². The minimum Gasteiger partial charge on any atom is -0.491 e. The number of aromatic amines is 2. The van der Waals surface area contributed by atoms with Gasteiger partial charge in [-0.05, 0) is 25.1 Å². The molecule has 0 aliphatic heterocycles. The predicted molar refractivity (Wildman–Crippen MR) is 92.9 cm³/mol. The normalized spacial score (nSPS) is 11.6. The lowest BCUT2D eigenvalue weighted by Crippen LogP contribution is -2.40. The summed E-state index contributed by atoms with van der Waals surface area (Å²) in [7, 11) is 0. The smallest absolute Gasteiger partial charge is 0.339 e. The van der Waals surface area contributed by atoms with Gasteiger partial charge in [0.05, 0.1) is 6.04 Å².